The third-order valence-electron chi connectivity index (χ3n) is 5.44. The molecule has 7 heteroatoms. The summed E-state index contributed by atoms with van der Waals surface area (Å²) in [7, 11) is 0. The molecule has 0 bridgehead atoms. The topological polar surface area (TPSA) is 76.2 Å². The molecule has 2 atom stereocenters. The molecule has 2 aromatic rings. The van der Waals surface area contributed by atoms with Gasteiger partial charge in [-0.3, -0.25) is 9.69 Å². The fourth-order valence-corrected chi connectivity index (χ4v) is 4.04. The van der Waals surface area contributed by atoms with E-state index in [1.165, 1.54) is 5.56 Å². The fourth-order valence-electron chi connectivity index (χ4n) is 4.04. The van der Waals surface area contributed by atoms with Crippen LogP contribution in [0.3, 0.4) is 0 Å². The Labute approximate surface area is 140 Å². The number of hydrogen-bond donors (Lipinski definition) is 1. The van der Waals surface area contributed by atoms with Gasteiger partial charge in [-0.2, -0.15) is 0 Å². The van der Waals surface area contributed by atoms with Crippen LogP contribution in [0.2, 0.25) is 0 Å². The number of likely N-dealkylation sites (tertiary alicyclic amines) is 1. The Morgan fingerprint density at radius 2 is 2.12 bits per heavy atom. The van der Waals surface area contributed by atoms with Gasteiger partial charge in [0, 0.05) is 44.2 Å². The second-order valence-electron chi connectivity index (χ2n) is 7.35. The van der Waals surface area contributed by atoms with Crippen molar-refractivity contribution < 1.29 is 9.21 Å². The summed E-state index contributed by atoms with van der Waals surface area (Å²) < 4.78 is 7.21. The van der Waals surface area contributed by atoms with Crippen LogP contribution in [0.1, 0.15) is 34.8 Å². The van der Waals surface area contributed by atoms with Gasteiger partial charge in [-0.05, 0) is 30.7 Å². The highest BCUT2D eigenvalue weighted by Gasteiger charge is 2.39. The summed E-state index contributed by atoms with van der Waals surface area (Å²) in [6.45, 7) is 3.91. The van der Waals surface area contributed by atoms with Crippen molar-refractivity contribution >= 4 is 5.91 Å². The van der Waals surface area contributed by atoms with Gasteiger partial charge in [0.1, 0.15) is 5.82 Å². The molecule has 2 aromatic heterocycles. The largest absolute Gasteiger partial charge is 0.472 e. The Balaban J connectivity index is 1.30. The number of fused-ring (bicyclic) bond motifs is 2. The number of amides is 1. The second kappa shape index (κ2) is 5.44. The quantitative estimate of drug-likeness (QED) is 0.909. The van der Waals surface area contributed by atoms with Crippen molar-refractivity contribution in [2.45, 2.75) is 38.4 Å². The Morgan fingerprint density at radius 3 is 2.92 bits per heavy atom. The molecule has 3 aliphatic rings. The number of hydrogen-bond acceptors (Lipinski definition) is 5. The van der Waals surface area contributed by atoms with Gasteiger partial charge in [0.05, 0.1) is 12.5 Å². The number of rotatable bonds is 4. The molecule has 1 aliphatic carbocycles. The maximum absolute atomic E-state index is 12.3. The molecule has 7 nitrogen and oxygen atoms in total. The van der Waals surface area contributed by atoms with E-state index < -0.39 is 0 Å². The fraction of sp³-hybridized carbons (Fsp3) is 0.588. The van der Waals surface area contributed by atoms with E-state index in [0.29, 0.717) is 23.7 Å². The van der Waals surface area contributed by atoms with Crippen LogP contribution in [-0.2, 0) is 19.5 Å². The molecule has 5 rings (SSSR count). The first-order valence-corrected chi connectivity index (χ1v) is 8.72. The minimum Gasteiger partial charge on any atom is -0.472 e. The van der Waals surface area contributed by atoms with Gasteiger partial charge in [0.25, 0.3) is 5.91 Å². The molecule has 126 valence electrons. The lowest BCUT2D eigenvalue weighted by Crippen LogP contribution is -2.33. The molecule has 24 heavy (non-hydrogen) atoms. The summed E-state index contributed by atoms with van der Waals surface area (Å²) in [5.74, 6) is 2.55. The summed E-state index contributed by atoms with van der Waals surface area (Å²) in [5.41, 5.74) is 1.22. The highest BCUT2D eigenvalue weighted by atomic mass is 16.3. The van der Waals surface area contributed by atoms with Crippen LogP contribution in [0.5, 0.6) is 0 Å². The third-order valence-corrected chi connectivity index (χ3v) is 5.44. The summed E-state index contributed by atoms with van der Waals surface area (Å²) in [6.07, 6.45) is 6.62. The van der Waals surface area contributed by atoms with Crippen molar-refractivity contribution in [1.29, 1.82) is 0 Å². The lowest BCUT2D eigenvalue weighted by molar-refractivity contribution is 0.0932. The van der Waals surface area contributed by atoms with Crippen molar-refractivity contribution in [2.75, 3.05) is 13.1 Å². The first-order chi connectivity index (χ1) is 11.8. The molecule has 1 saturated heterocycles. The second-order valence-corrected chi connectivity index (χ2v) is 7.35. The predicted molar refractivity (Wildman–Crippen MR) is 85.2 cm³/mol. The van der Waals surface area contributed by atoms with E-state index in [0.717, 1.165) is 51.3 Å². The van der Waals surface area contributed by atoms with Crippen molar-refractivity contribution in [3.05, 3.63) is 35.8 Å². The molecule has 1 amide bonds. The van der Waals surface area contributed by atoms with Crippen molar-refractivity contribution in [2.24, 2.45) is 11.8 Å². The van der Waals surface area contributed by atoms with E-state index in [-0.39, 0.29) is 5.91 Å². The number of carbonyl (C=O) groups is 1. The van der Waals surface area contributed by atoms with Gasteiger partial charge < -0.3 is 14.3 Å². The van der Waals surface area contributed by atoms with Crippen LogP contribution in [0.15, 0.2) is 23.0 Å². The normalized spacial score (nSPS) is 26.2. The van der Waals surface area contributed by atoms with E-state index in [1.807, 2.05) is 16.9 Å². The molecule has 1 N–H and O–H groups in total. The smallest absolute Gasteiger partial charge is 0.289 e. The summed E-state index contributed by atoms with van der Waals surface area (Å²) in [6, 6.07) is 2.37. The van der Waals surface area contributed by atoms with E-state index in [4.69, 9.17) is 4.42 Å². The first-order valence-electron chi connectivity index (χ1n) is 8.72. The van der Waals surface area contributed by atoms with Crippen LogP contribution in [-0.4, -0.2) is 44.7 Å². The molecule has 2 aliphatic heterocycles. The average Bonchev–Trinajstić information content (AvgIpc) is 2.99. The molecule has 0 spiro atoms. The average molecular weight is 327 g/mol. The van der Waals surface area contributed by atoms with Crippen molar-refractivity contribution in [3.63, 3.8) is 0 Å². The number of furan rings is 1. The lowest BCUT2D eigenvalue weighted by atomic mass is 9.89. The van der Waals surface area contributed by atoms with Crippen molar-refractivity contribution in [3.8, 4) is 0 Å². The molecule has 1 saturated carbocycles. The molecule has 2 unspecified atom stereocenters. The third kappa shape index (κ3) is 2.53. The van der Waals surface area contributed by atoms with E-state index in [9.17, 15) is 4.79 Å². The van der Waals surface area contributed by atoms with Crippen LogP contribution < -0.4 is 5.32 Å². The summed E-state index contributed by atoms with van der Waals surface area (Å²) >= 11 is 0. The zero-order valence-electron chi connectivity index (χ0n) is 13.5. The molecule has 0 aromatic carbocycles. The minimum atomic E-state index is -0.0667. The molecular weight excluding hydrogens is 306 g/mol. The van der Waals surface area contributed by atoms with E-state index >= 15 is 0 Å². The minimum absolute atomic E-state index is 0.0667. The lowest BCUT2D eigenvalue weighted by Gasteiger charge is -2.25. The molecule has 2 fully saturated rings. The standard InChI is InChI=1S/C17H21N5O2/c23-17(18-14-1-2-14)16-20-19-15-5-12-7-21(6-11-3-4-24-10-11)8-13(12)9-22(15)16/h3-4,10,12-14H,1-2,5-9H2,(H,18,23). The monoisotopic (exact) mass is 327 g/mol. The maximum atomic E-state index is 12.3. The first kappa shape index (κ1) is 14.2. The van der Waals surface area contributed by atoms with E-state index in [1.54, 1.807) is 6.26 Å². The molecular formula is C17H21N5O2. The van der Waals surface area contributed by atoms with Crippen LogP contribution in [0, 0.1) is 11.8 Å². The van der Waals surface area contributed by atoms with Gasteiger partial charge in [-0.1, -0.05) is 0 Å². The molecule has 4 heterocycles. The summed E-state index contributed by atoms with van der Waals surface area (Å²) in [4.78, 5) is 14.8. The Bertz CT molecular complexity index is 749. The Hall–Kier alpha value is -2.15. The maximum Gasteiger partial charge on any atom is 0.289 e. The van der Waals surface area contributed by atoms with Gasteiger partial charge in [0.2, 0.25) is 5.82 Å². The molecule has 0 radical (unpaired) electrons. The van der Waals surface area contributed by atoms with Gasteiger partial charge in [-0.15, -0.1) is 10.2 Å². The predicted octanol–water partition coefficient (Wildman–Crippen LogP) is 1.07. The van der Waals surface area contributed by atoms with Crippen LogP contribution in [0.25, 0.3) is 0 Å². The van der Waals surface area contributed by atoms with Crippen LogP contribution >= 0.6 is 0 Å². The number of nitrogens with one attached hydrogen (secondary N) is 1. The highest BCUT2D eigenvalue weighted by molar-refractivity contribution is 5.91. The van der Waals surface area contributed by atoms with Gasteiger partial charge in [-0.25, -0.2) is 0 Å². The number of nitrogens with zero attached hydrogens (tertiary/aromatic N) is 4. The summed E-state index contributed by atoms with van der Waals surface area (Å²) in [5, 5.41) is 11.5. The number of carbonyl (C=O) groups excluding carboxylic acids is 1. The van der Waals surface area contributed by atoms with E-state index in [2.05, 4.69) is 20.4 Å². The van der Waals surface area contributed by atoms with Gasteiger partial charge >= 0.3 is 0 Å². The SMILES string of the molecule is O=C(NC1CC1)c1nnc2n1CC1CN(Cc3ccoc3)CC1C2. The van der Waals surface area contributed by atoms with Crippen molar-refractivity contribution in [1.82, 2.24) is 25.0 Å². The Morgan fingerprint density at radius 1 is 1.25 bits per heavy atom. The highest BCUT2D eigenvalue weighted by Crippen LogP contribution is 2.33. The van der Waals surface area contributed by atoms with Crippen LogP contribution in [0.4, 0.5) is 0 Å². The Kier molecular flexibility index (Phi) is 3.22. The number of aromatic nitrogens is 3. The van der Waals surface area contributed by atoms with Gasteiger partial charge in [0.15, 0.2) is 0 Å². The zero-order chi connectivity index (χ0) is 16.1. The zero-order valence-corrected chi connectivity index (χ0v) is 13.5.